The average molecular weight is 459 g/mol. The number of hydrogen-bond donors (Lipinski definition) is 2. The lowest BCUT2D eigenvalue weighted by Crippen LogP contribution is -2.04. The van der Waals surface area contributed by atoms with Gasteiger partial charge in [-0.2, -0.15) is 0 Å². The van der Waals surface area contributed by atoms with Crippen molar-refractivity contribution >= 4 is 50.0 Å². The number of hydrogen-bond acceptors (Lipinski definition) is 5. The van der Waals surface area contributed by atoms with Crippen molar-refractivity contribution in [3.8, 4) is 11.3 Å². The smallest absolute Gasteiger partial charge is 0.269 e. The van der Waals surface area contributed by atoms with Crippen LogP contribution in [0.2, 0.25) is 0 Å². The van der Waals surface area contributed by atoms with Gasteiger partial charge in [-0.15, -0.1) is 28.3 Å². The Labute approximate surface area is 176 Å². The molecule has 8 heteroatoms. The number of fused-ring (bicyclic) bond motifs is 1. The van der Waals surface area contributed by atoms with Crippen LogP contribution in [0.25, 0.3) is 22.2 Å². The van der Waals surface area contributed by atoms with Gasteiger partial charge in [0, 0.05) is 46.7 Å². The quantitative estimate of drug-likeness (QED) is 0.285. The molecule has 0 radical (unpaired) electrons. The van der Waals surface area contributed by atoms with Crippen LogP contribution in [0.3, 0.4) is 0 Å². The van der Waals surface area contributed by atoms with E-state index in [-0.39, 0.29) is 22.7 Å². The van der Waals surface area contributed by atoms with E-state index in [2.05, 4.69) is 46.6 Å². The molecule has 0 saturated carbocycles. The van der Waals surface area contributed by atoms with Gasteiger partial charge in [-0.25, -0.2) is 4.98 Å². The van der Waals surface area contributed by atoms with Crippen LogP contribution in [0.4, 0.5) is 10.8 Å². The number of aryl methyl sites for hydroxylation is 1. The molecule has 0 aliphatic carbocycles. The standard InChI is InChI=1S/C20H18N4O2S.BrH/c1-13-3-2-4-17-15(11-22-19(13)17)9-10-21-20-23-18(12-27-20)14-5-7-16(8-6-14)24(25)26;/h2-8,11-12,22H,9-10H2,1H3,(H,21,23);1H. The Kier molecular flexibility index (Phi) is 6.11. The van der Waals surface area contributed by atoms with Crippen LogP contribution in [0.5, 0.6) is 0 Å². The van der Waals surface area contributed by atoms with E-state index in [1.54, 1.807) is 12.1 Å². The Hall–Kier alpha value is -2.71. The van der Waals surface area contributed by atoms with E-state index < -0.39 is 4.92 Å². The third-order valence-corrected chi connectivity index (χ3v) is 5.36. The monoisotopic (exact) mass is 458 g/mol. The molecule has 0 amide bonds. The number of nitro benzene ring substituents is 1. The highest BCUT2D eigenvalue weighted by Crippen LogP contribution is 2.27. The lowest BCUT2D eigenvalue weighted by atomic mass is 10.1. The van der Waals surface area contributed by atoms with E-state index in [0.717, 1.165) is 29.4 Å². The summed E-state index contributed by atoms with van der Waals surface area (Å²) in [7, 11) is 0. The molecular formula is C20H19BrN4O2S. The lowest BCUT2D eigenvalue weighted by molar-refractivity contribution is -0.384. The van der Waals surface area contributed by atoms with Crippen molar-refractivity contribution in [2.75, 3.05) is 11.9 Å². The minimum Gasteiger partial charge on any atom is -0.361 e. The van der Waals surface area contributed by atoms with E-state index in [0.29, 0.717) is 0 Å². The molecule has 2 N–H and O–H groups in total. The third kappa shape index (κ3) is 4.07. The summed E-state index contributed by atoms with van der Waals surface area (Å²) >= 11 is 1.53. The van der Waals surface area contributed by atoms with Crippen molar-refractivity contribution in [1.29, 1.82) is 0 Å². The molecule has 2 aromatic carbocycles. The summed E-state index contributed by atoms with van der Waals surface area (Å²) in [5.74, 6) is 0. The van der Waals surface area contributed by atoms with Crippen LogP contribution in [0.15, 0.2) is 54.0 Å². The Morgan fingerprint density at radius 3 is 2.75 bits per heavy atom. The molecule has 144 valence electrons. The van der Waals surface area contributed by atoms with Crippen LogP contribution >= 0.6 is 28.3 Å². The molecule has 0 fully saturated rings. The first-order valence-electron chi connectivity index (χ1n) is 8.61. The van der Waals surface area contributed by atoms with Gasteiger partial charge < -0.3 is 10.3 Å². The number of benzene rings is 2. The highest BCUT2D eigenvalue weighted by Gasteiger charge is 2.09. The summed E-state index contributed by atoms with van der Waals surface area (Å²) in [6.45, 7) is 2.89. The first kappa shape index (κ1) is 20.0. The predicted octanol–water partition coefficient (Wildman–Crippen LogP) is 5.74. The Morgan fingerprint density at radius 1 is 1.21 bits per heavy atom. The van der Waals surface area contributed by atoms with Gasteiger partial charge in [-0.1, -0.05) is 18.2 Å². The van der Waals surface area contributed by atoms with Crippen molar-refractivity contribution < 1.29 is 4.92 Å². The van der Waals surface area contributed by atoms with E-state index in [9.17, 15) is 10.1 Å². The molecule has 0 aliphatic heterocycles. The number of para-hydroxylation sites is 1. The SMILES string of the molecule is Br.Cc1cccc2c(CCNc3nc(-c4ccc([N+](=O)[O-])cc4)cs3)c[nH]c12. The number of rotatable bonds is 6. The van der Waals surface area contributed by atoms with Crippen LogP contribution < -0.4 is 5.32 Å². The fourth-order valence-corrected chi connectivity index (χ4v) is 3.86. The highest BCUT2D eigenvalue weighted by atomic mass is 79.9. The number of aromatic nitrogens is 2. The van der Waals surface area contributed by atoms with Gasteiger partial charge in [0.1, 0.15) is 0 Å². The van der Waals surface area contributed by atoms with Gasteiger partial charge in [0.25, 0.3) is 5.69 Å². The average Bonchev–Trinajstić information content (AvgIpc) is 3.30. The Morgan fingerprint density at radius 2 is 2.00 bits per heavy atom. The van der Waals surface area contributed by atoms with Gasteiger partial charge in [0.2, 0.25) is 0 Å². The largest absolute Gasteiger partial charge is 0.361 e. The topological polar surface area (TPSA) is 83.8 Å². The molecule has 0 bridgehead atoms. The van der Waals surface area contributed by atoms with Gasteiger partial charge in [0.05, 0.1) is 10.6 Å². The minimum absolute atomic E-state index is 0. The van der Waals surface area contributed by atoms with Crippen LogP contribution in [-0.4, -0.2) is 21.4 Å². The van der Waals surface area contributed by atoms with E-state index in [4.69, 9.17) is 0 Å². The Balaban J connectivity index is 0.00000225. The van der Waals surface area contributed by atoms with Gasteiger partial charge in [-0.05, 0) is 36.6 Å². The molecule has 0 saturated heterocycles. The molecule has 0 spiro atoms. The van der Waals surface area contributed by atoms with E-state index >= 15 is 0 Å². The molecule has 0 aliphatic rings. The van der Waals surface area contributed by atoms with Gasteiger partial charge >= 0.3 is 0 Å². The number of nitrogens with one attached hydrogen (secondary N) is 2. The zero-order valence-corrected chi connectivity index (χ0v) is 17.7. The maximum atomic E-state index is 10.7. The summed E-state index contributed by atoms with van der Waals surface area (Å²) in [6.07, 6.45) is 2.97. The molecule has 2 aromatic heterocycles. The molecule has 0 unspecified atom stereocenters. The summed E-state index contributed by atoms with van der Waals surface area (Å²) in [5.41, 5.74) is 5.51. The van der Waals surface area contributed by atoms with Crippen molar-refractivity contribution in [2.24, 2.45) is 0 Å². The number of nitro groups is 1. The number of H-pyrrole nitrogens is 1. The van der Waals surface area contributed by atoms with Crippen LogP contribution in [0.1, 0.15) is 11.1 Å². The molecule has 2 heterocycles. The minimum atomic E-state index is -0.399. The Bertz CT molecular complexity index is 1110. The zero-order valence-electron chi connectivity index (χ0n) is 15.1. The normalized spacial score (nSPS) is 10.6. The van der Waals surface area contributed by atoms with E-state index in [1.807, 2.05) is 5.38 Å². The number of anilines is 1. The molecule has 28 heavy (non-hydrogen) atoms. The van der Waals surface area contributed by atoms with Gasteiger partial charge in [0.15, 0.2) is 5.13 Å². The number of nitrogens with zero attached hydrogens (tertiary/aromatic N) is 2. The molecule has 4 aromatic rings. The van der Waals surface area contributed by atoms with Crippen LogP contribution in [-0.2, 0) is 6.42 Å². The summed E-state index contributed by atoms with van der Waals surface area (Å²) in [4.78, 5) is 18.3. The molecule has 6 nitrogen and oxygen atoms in total. The maximum Gasteiger partial charge on any atom is 0.269 e. The fourth-order valence-electron chi connectivity index (χ4n) is 3.12. The summed E-state index contributed by atoms with van der Waals surface area (Å²) < 4.78 is 0. The molecule has 0 atom stereocenters. The second-order valence-electron chi connectivity index (χ2n) is 6.33. The molecule has 4 rings (SSSR count). The van der Waals surface area contributed by atoms with Gasteiger partial charge in [-0.3, -0.25) is 10.1 Å². The number of aromatic amines is 1. The second kappa shape index (κ2) is 8.53. The zero-order chi connectivity index (χ0) is 18.8. The number of thiazole rings is 1. The first-order valence-corrected chi connectivity index (χ1v) is 9.49. The maximum absolute atomic E-state index is 10.7. The second-order valence-corrected chi connectivity index (χ2v) is 7.19. The van der Waals surface area contributed by atoms with Crippen molar-refractivity contribution in [2.45, 2.75) is 13.3 Å². The molecular weight excluding hydrogens is 440 g/mol. The fraction of sp³-hybridized carbons (Fsp3) is 0.150. The van der Waals surface area contributed by atoms with Crippen molar-refractivity contribution in [3.05, 3.63) is 75.3 Å². The number of halogens is 1. The van der Waals surface area contributed by atoms with Crippen molar-refractivity contribution in [3.63, 3.8) is 0 Å². The van der Waals surface area contributed by atoms with E-state index in [1.165, 1.54) is 45.5 Å². The predicted molar refractivity (Wildman–Crippen MR) is 120 cm³/mol. The summed E-state index contributed by atoms with van der Waals surface area (Å²) in [5, 5.41) is 18.2. The summed E-state index contributed by atoms with van der Waals surface area (Å²) in [6, 6.07) is 12.8. The third-order valence-electron chi connectivity index (χ3n) is 4.56. The van der Waals surface area contributed by atoms with Crippen LogP contribution in [0, 0.1) is 17.0 Å². The number of non-ortho nitro benzene ring substituents is 1. The highest BCUT2D eigenvalue weighted by molar-refractivity contribution is 8.93. The first-order chi connectivity index (χ1) is 13.1. The lowest BCUT2D eigenvalue weighted by Gasteiger charge is -2.02. The van der Waals surface area contributed by atoms with Crippen molar-refractivity contribution in [1.82, 2.24) is 9.97 Å².